The summed E-state index contributed by atoms with van der Waals surface area (Å²) in [7, 11) is 0. The zero-order chi connectivity index (χ0) is 7.65. The van der Waals surface area contributed by atoms with Gasteiger partial charge in [0, 0.05) is 0 Å². The summed E-state index contributed by atoms with van der Waals surface area (Å²) in [6.45, 7) is 0. The third kappa shape index (κ3) is 3.38. The molecule has 0 amide bonds. The van der Waals surface area contributed by atoms with Crippen molar-refractivity contribution in [2.75, 3.05) is 0 Å². The minimum absolute atomic E-state index is 0.885. The summed E-state index contributed by atoms with van der Waals surface area (Å²) in [5, 5.41) is -2.26. The third-order valence-electron chi connectivity index (χ3n) is 0.479. The van der Waals surface area contributed by atoms with E-state index in [-0.39, 0.29) is 0 Å². The van der Waals surface area contributed by atoms with Gasteiger partial charge in [-0.05, 0) is 0 Å². The summed E-state index contributed by atoms with van der Waals surface area (Å²) in [6, 6.07) is 0. The van der Waals surface area contributed by atoms with Crippen molar-refractivity contribution >= 4 is 34.8 Å². The maximum atomic E-state index is 11.4. The van der Waals surface area contributed by atoms with Gasteiger partial charge in [-0.3, -0.25) is 0 Å². The van der Waals surface area contributed by atoms with Crippen LogP contribution in [0.1, 0.15) is 0 Å². The first kappa shape index (κ1) is 9.66. The highest BCUT2D eigenvalue weighted by Gasteiger charge is 2.42. The van der Waals surface area contributed by atoms with Gasteiger partial charge in [-0.15, -0.1) is 11.6 Å². The van der Waals surface area contributed by atoms with E-state index in [2.05, 4.69) is 11.6 Å². The van der Waals surface area contributed by atoms with E-state index < -0.39 is 16.4 Å². The van der Waals surface area contributed by atoms with Crippen molar-refractivity contribution in [2.24, 2.45) is 0 Å². The van der Waals surface area contributed by atoms with Crippen LogP contribution in [0.25, 0.3) is 0 Å². The summed E-state index contributed by atoms with van der Waals surface area (Å²) >= 11 is 14.2. The molecule has 0 aromatic carbocycles. The Hall–Kier alpha value is 0.660. The van der Waals surface area contributed by atoms with Crippen LogP contribution < -0.4 is 0 Å². The first-order valence-electron chi connectivity index (χ1n) is 1.74. The Labute approximate surface area is 64.9 Å². The minimum Gasteiger partial charge on any atom is -0.169 e. The molecule has 6 heteroatoms. The number of rotatable bonds is 1. The molecular weight excluding hydrogens is 199 g/mol. The van der Waals surface area contributed by atoms with Crippen molar-refractivity contribution in [3.63, 3.8) is 0 Å². The Morgan fingerprint density at radius 2 is 1.56 bits per heavy atom. The second-order valence-electron chi connectivity index (χ2n) is 1.19. The molecule has 1 atom stereocenters. The Morgan fingerprint density at radius 3 is 1.56 bits per heavy atom. The van der Waals surface area contributed by atoms with Crippen LogP contribution in [-0.2, 0) is 0 Å². The Bertz CT molecular complexity index is 88.8. The standard InChI is InChI=1S/C3HCl3F3/c4-1(2(5)6)3(7,8)9/h1H. The first-order valence-corrected chi connectivity index (χ1v) is 2.93. The predicted octanol–water partition coefficient (Wildman–Crippen LogP) is 3.12. The van der Waals surface area contributed by atoms with Crippen molar-refractivity contribution in [1.29, 1.82) is 0 Å². The van der Waals surface area contributed by atoms with Crippen LogP contribution in [0.2, 0.25) is 0 Å². The van der Waals surface area contributed by atoms with Crippen molar-refractivity contribution in [2.45, 2.75) is 11.6 Å². The summed E-state index contributed by atoms with van der Waals surface area (Å²) in [5.41, 5.74) is 0. The maximum Gasteiger partial charge on any atom is 0.407 e. The predicted molar refractivity (Wildman–Crippen MR) is 30.6 cm³/mol. The topological polar surface area (TPSA) is 0 Å². The quantitative estimate of drug-likeness (QED) is 0.571. The molecule has 0 rings (SSSR count). The fourth-order valence-electron chi connectivity index (χ4n) is 0.124. The third-order valence-corrected chi connectivity index (χ3v) is 1.60. The van der Waals surface area contributed by atoms with Crippen LogP contribution in [0.5, 0.6) is 0 Å². The zero-order valence-corrected chi connectivity index (χ0v) is 6.11. The molecule has 9 heavy (non-hydrogen) atoms. The average Bonchev–Trinajstić information content (AvgIpc) is 1.62. The van der Waals surface area contributed by atoms with Crippen molar-refractivity contribution in [1.82, 2.24) is 0 Å². The lowest BCUT2D eigenvalue weighted by atomic mass is 10.5. The molecule has 0 spiro atoms. The highest BCUT2D eigenvalue weighted by atomic mass is 35.5. The average molecular weight is 200 g/mol. The van der Waals surface area contributed by atoms with Crippen LogP contribution in [-0.4, -0.2) is 11.6 Å². The maximum absolute atomic E-state index is 11.4. The van der Waals surface area contributed by atoms with E-state index >= 15 is 0 Å². The Morgan fingerprint density at radius 1 is 1.22 bits per heavy atom. The monoisotopic (exact) mass is 199 g/mol. The second kappa shape index (κ2) is 3.17. The Kier molecular flexibility index (Phi) is 3.40. The summed E-state index contributed by atoms with van der Waals surface area (Å²) in [4.78, 5) is -0.885. The molecule has 0 nitrogen and oxygen atoms in total. The van der Waals surface area contributed by atoms with Crippen LogP contribution in [0.4, 0.5) is 13.2 Å². The molecule has 0 aliphatic carbocycles. The van der Waals surface area contributed by atoms with Crippen molar-refractivity contribution in [3.8, 4) is 0 Å². The fourth-order valence-corrected chi connectivity index (χ4v) is 0.371. The first-order chi connectivity index (χ1) is 3.85. The van der Waals surface area contributed by atoms with Crippen LogP contribution in [0, 0.1) is 4.84 Å². The van der Waals surface area contributed by atoms with Crippen LogP contribution in [0.15, 0.2) is 0 Å². The second-order valence-corrected chi connectivity index (χ2v) is 2.64. The summed E-state index contributed by atoms with van der Waals surface area (Å²) < 4.78 is 34.1. The molecule has 0 aromatic rings. The highest BCUT2D eigenvalue weighted by molar-refractivity contribution is 6.56. The van der Waals surface area contributed by atoms with Gasteiger partial charge in [-0.2, -0.15) is 13.2 Å². The molecular formula is C3HCl3F3. The summed E-state index contributed by atoms with van der Waals surface area (Å²) in [6.07, 6.45) is -4.56. The molecule has 0 heterocycles. The van der Waals surface area contributed by atoms with Gasteiger partial charge < -0.3 is 0 Å². The molecule has 0 aromatic heterocycles. The van der Waals surface area contributed by atoms with Gasteiger partial charge in [0.05, 0.1) is 0 Å². The van der Waals surface area contributed by atoms with Gasteiger partial charge in [0.1, 0.15) is 0 Å². The van der Waals surface area contributed by atoms with Gasteiger partial charge in [0.15, 0.2) is 10.2 Å². The van der Waals surface area contributed by atoms with E-state index in [0.717, 1.165) is 0 Å². The molecule has 0 bridgehead atoms. The smallest absolute Gasteiger partial charge is 0.169 e. The molecule has 55 valence electrons. The lowest BCUT2D eigenvalue weighted by Crippen LogP contribution is -2.24. The van der Waals surface area contributed by atoms with E-state index in [0.29, 0.717) is 0 Å². The van der Waals surface area contributed by atoms with E-state index in [1.807, 2.05) is 0 Å². The SMILES string of the molecule is FC(F)(F)C(Cl)[C](Cl)Cl. The number of alkyl halides is 4. The molecule has 1 unspecified atom stereocenters. The van der Waals surface area contributed by atoms with Gasteiger partial charge in [-0.1, -0.05) is 23.2 Å². The fraction of sp³-hybridized carbons (Fsp3) is 0.667. The molecule has 0 aliphatic rings. The van der Waals surface area contributed by atoms with Crippen molar-refractivity contribution in [3.05, 3.63) is 4.84 Å². The van der Waals surface area contributed by atoms with E-state index in [1.165, 1.54) is 0 Å². The molecule has 0 aliphatic heterocycles. The summed E-state index contributed by atoms with van der Waals surface area (Å²) in [5.74, 6) is 0. The zero-order valence-electron chi connectivity index (χ0n) is 3.85. The van der Waals surface area contributed by atoms with Gasteiger partial charge in [0.25, 0.3) is 0 Å². The largest absolute Gasteiger partial charge is 0.407 e. The Balaban J connectivity index is 3.88. The van der Waals surface area contributed by atoms with Gasteiger partial charge >= 0.3 is 6.18 Å². The van der Waals surface area contributed by atoms with E-state index in [9.17, 15) is 13.2 Å². The van der Waals surface area contributed by atoms with E-state index in [1.54, 1.807) is 0 Å². The lowest BCUT2D eigenvalue weighted by Gasteiger charge is -2.12. The molecule has 0 saturated heterocycles. The molecule has 0 N–H and O–H groups in total. The number of halogens is 6. The molecule has 1 radical (unpaired) electrons. The van der Waals surface area contributed by atoms with Crippen molar-refractivity contribution < 1.29 is 13.2 Å². The highest BCUT2D eigenvalue weighted by Crippen LogP contribution is 2.35. The number of hydrogen-bond acceptors (Lipinski definition) is 0. The number of hydrogen-bond donors (Lipinski definition) is 0. The van der Waals surface area contributed by atoms with Crippen LogP contribution in [0.3, 0.4) is 0 Å². The lowest BCUT2D eigenvalue weighted by molar-refractivity contribution is -0.124. The minimum atomic E-state index is -4.56. The van der Waals surface area contributed by atoms with Gasteiger partial charge in [0.2, 0.25) is 0 Å². The van der Waals surface area contributed by atoms with E-state index in [4.69, 9.17) is 23.2 Å². The molecule has 0 saturated carbocycles. The van der Waals surface area contributed by atoms with Crippen LogP contribution >= 0.6 is 34.8 Å². The van der Waals surface area contributed by atoms with Gasteiger partial charge in [-0.25, -0.2) is 0 Å². The molecule has 0 fully saturated rings. The normalized spacial score (nSPS) is 16.3.